The third-order valence-corrected chi connectivity index (χ3v) is 3.35. The zero-order chi connectivity index (χ0) is 14.1. The normalized spacial score (nSPS) is 12.8. The SMILES string of the molecule is CNC(COCCOC)c1c(Br)cnn1CCOC. The van der Waals surface area contributed by atoms with Crippen molar-refractivity contribution >= 4 is 15.9 Å². The molecule has 0 aliphatic carbocycles. The van der Waals surface area contributed by atoms with Crippen LogP contribution in [0, 0.1) is 0 Å². The van der Waals surface area contributed by atoms with Crippen molar-refractivity contribution in [3.63, 3.8) is 0 Å². The van der Waals surface area contributed by atoms with Gasteiger partial charge in [0.2, 0.25) is 0 Å². The number of nitrogens with zero attached hydrogens (tertiary/aromatic N) is 2. The Morgan fingerprint density at radius 1 is 1.32 bits per heavy atom. The third-order valence-electron chi connectivity index (χ3n) is 2.74. The van der Waals surface area contributed by atoms with Gasteiger partial charge in [0.1, 0.15) is 0 Å². The molecule has 1 rings (SSSR count). The van der Waals surface area contributed by atoms with E-state index in [4.69, 9.17) is 14.2 Å². The van der Waals surface area contributed by atoms with E-state index >= 15 is 0 Å². The zero-order valence-electron chi connectivity index (χ0n) is 11.7. The predicted octanol–water partition coefficient (Wildman–Crippen LogP) is 1.22. The molecule has 0 radical (unpaired) electrons. The number of rotatable bonds is 10. The minimum atomic E-state index is 0.0746. The molecule has 0 saturated heterocycles. The van der Waals surface area contributed by atoms with Crippen LogP contribution in [0.15, 0.2) is 10.7 Å². The Morgan fingerprint density at radius 3 is 2.68 bits per heavy atom. The van der Waals surface area contributed by atoms with E-state index in [0.717, 1.165) is 10.2 Å². The van der Waals surface area contributed by atoms with E-state index in [-0.39, 0.29) is 6.04 Å². The highest BCUT2D eigenvalue weighted by Gasteiger charge is 2.18. The van der Waals surface area contributed by atoms with E-state index in [1.54, 1.807) is 20.4 Å². The molecule has 1 aromatic rings. The molecule has 1 heterocycles. The summed E-state index contributed by atoms with van der Waals surface area (Å²) in [4.78, 5) is 0. The molecule has 0 amide bonds. The van der Waals surface area contributed by atoms with Crippen molar-refractivity contribution in [2.24, 2.45) is 0 Å². The topological polar surface area (TPSA) is 57.5 Å². The lowest BCUT2D eigenvalue weighted by atomic mass is 10.2. The van der Waals surface area contributed by atoms with Crippen molar-refractivity contribution in [2.75, 3.05) is 47.7 Å². The van der Waals surface area contributed by atoms with Gasteiger partial charge in [-0.1, -0.05) is 0 Å². The number of hydrogen-bond acceptors (Lipinski definition) is 5. The first-order valence-electron chi connectivity index (χ1n) is 6.18. The molecule has 6 nitrogen and oxygen atoms in total. The van der Waals surface area contributed by atoms with Crippen LogP contribution in [-0.2, 0) is 20.8 Å². The summed E-state index contributed by atoms with van der Waals surface area (Å²) in [6.45, 7) is 3.09. The summed E-state index contributed by atoms with van der Waals surface area (Å²) in [7, 11) is 5.25. The standard InChI is InChI=1S/C12H22BrN3O3/c1-14-11(9-19-7-6-18-3)12-10(13)8-15-16(12)4-5-17-2/h8,11,14H,4-7,9H2,1-3H3. The van der Waals surface area contributed by atoms with Crippen LogP contribution in [0.1, 0.15) is 11.7 Å². The molecule has 1 unspecified atom stereocenters. The van der Waals surface area contributed by atoms with Gasteiger partial charge in [-0.15, -0.1) is 0 Å². The summed E-state index contributed by atoms with van der Waals surface area (Å²) in [6, 6.07) is 0.0746. The van der Waals surface area contributed by atoms with Crippen LogP contribution in [0.5, 0.6) is 0 Å². The molecule has 0 aromatic carbocycles. The van der Waals surface area contributed by atoms with Gasteiger partial charge in [0.15, 0.2) is 0 Å². The fraction of sp³-hybridized carbons (Fsp3) is 0.750. The van der Waals surface area contributed by atoms with Crippen LogP contribution < -0.4 is 5.32 Å². The molecule has 0 saturated carbocycles. The van der Waals surface area contributed by atoms with Crippen molar-refractivity contribution in [1.29, 1.82) is 0 Å². The Hall–Kier alpha value is -0.470. The van der Waals surface area contributed by atoms with Crippen LogP contribution >= 0.6 is 15.9 Å². The van der Waals surface area contributed by atoms with Gasteiger partial charge in [-0.2, -0.15) is 5.10 Å². The van der Waals surface area contributed by atoms with Crippen LogP contribution in [0.2, 0.25) is 0 Å². The van der Waals surface area contributed by atoms with Gasteiger partial charge in [0.25, 0.3) is 0 Å². The Morgan fingerprint density at radius 2 is 2.05 bits per heavy atom. The Kier molecular flexibility index (Phi) is 8.24. The number of nitrogens with one attached hydrogen (secondary N) is 1. The number of aromatic nitrogens is 2. The number of likely N-dealkylation sites (N-methyl/N-ethyl adjacent to an activating group) is 1. The molecule has 1 aromatic heterocycles. The second-order valence-corrected chi connectivity index (χ2v) is 4.86. The number of halogens is 1. The highest BCUT2D eigenvalue weighted by atomic mass is 79.9. The predicted molar refractivity (Wildman–Crippen MR) is 76.3 cm³/mol. The maximum Gasteiger partial charge on any atom is 0.0738 e. The first-order chi connectivity index (χ1) is 9.24. The van der Waals surface area contributed by atoms with Crippen LogP contribution in [0.25, 0.3) is 0 Å². The van der Waals surface area contributed by atoms with Gasteiger partial charge in [0, 0.05) is 14.2 Å². The third kappa shape index (κ3) is 5.19. The average molecular weight is 336 g/mol. The number of methoxy groups -OCH3 is 2. The molecule has 0 fully saturated rings. The van der Waals surface area contributed by atoms with Gasteiger partial charge >= 0.3 is 0 Å². The average Bonchev–Trinajstić information content (AvgIpc) is 2.78. The van der Waals surface area contributed by atoms with Crippen molar-refractivity contribution in [1.82, 2.24) is 15.1 Å². The second kappa shape index (κ2) is 9.44. The number of ether oxygens (including phenoxy) is 3. The van der Waals surface area contributed by atoms with E-state index in [0.29, 0.717) is 33.0 Å². The second-order valence-electron chi connectivity index (χ2n) is 4.00. The molecule has 0 aliphatic rings. The van der Waals surface area contributed by atoms with E-state index in [1.165, 1.54) is 0 Å². The highest BCUT2D eigenvalue weighted by Crippen LogP contribution is 2.23. The van der Waals surface area contributed by atoms with Crippen molar-refractivity contribution in [3.05, 3.63) is 16.4 Å². The van der Waals surface area contributed by atoms with E-state index < -0.39 is 0 Å². The maximum atomic E-state index is 5.58. The fourth-order valence-corrected chi connectivity index (χ4v) is 2.29. The minimum Gasteiger partial charge on any atom is -0.383 e. The van der Waals surface area contributed by atoms with Crippen LogP contribution in [0.3, 0.4) is 0 Å². The van der Waals surface area contributed by atoms with Crippen molar-refractivity contribution in [3.8, 4) is 0 Å². The van der Waals surface area contributed by atoms with Crippen LogP contribution in [-0.4, -0.2) is 57.5 Å². The molecular weight excluding hydrogens is 314 g/mol. The first kappa shape index (κ1) is 16.6. The minimum absolute atomic E-state index is 0.0746. The molecule has 1 N–H and O–H groups in total. The summed E-state index contributed by atoms with van der Waals surface area (Å²) in [5.41, 5.74) is 1.07. The molecule has 0 aliphatic heterocycles. The van der Waals surface area contributed by atoms with Gasteiger partial charge in [-0.25, -0.2) is 0 Å². The first-order valence-corrected chi connectivity index (χ1v) is 6.98. The van der Waals surface area contributed by atoms with E-state index in [2.05, 4.69) is 26.3 Å². The van der Waals surface area contributed by atoms with Gasteiger partial charge < -0.3 is 19.5 Å². The smallest absolute Gasteiger partial charge is 0.0738 e. The summed E-state index contributed by atoms with van der Waals surface area (Å²) in [6.07, 6.45) is 1.80. The summed E-state index contributed by atoms with van der Waals surface area (Å²) in [5.74, 6) is 0. The Balaban J connectivity index is 2.65. The maximum absolute atomic E-state index is 5.58. The summed E-state index contributed by atoms with van der Waals surface area (Å²) < 4.78 is 18.5. The zero-order valence-corrected chi connectivity index (χ0v) is 13.3. The monoisotopic (exact) mass is 335 g/mol. The Labute approximate surface area is 122 Å². The largest absolute Gasteiger partial charge is 0.383 e. The molecule has 0 bridgehead atoms. The van der Waals surface area contributed by atoms with E-state index in [1.807, 2.05) is 11.7 Å². The molecule has 1 atom stereocenters. The summed E-state index contributed by atoms with van der Waals surface area (Å²) in [5, 5.41) is 7.58. The quantitative estimate of drug-likeness (QED) is 0.651. The molecule has 110 valence electrons. The highest BCUT2D eigenvalue weighted by molar-refractivity contribution is 9.10. The lowest BCUT2D eigenvalue weighted by Gasteiger charge is -2.19. The number of hydrogen-bond donors (Lipinski definition) is 1. The molecular formula is C12H22BrN3O3. The molecule has 19 heavy (non-hydrogen) atoms. The lowest BCUT2D eigenvalue weighted by Crippen LogP contribution is -2.26. The molecule has 7 heteroatoms. The van der Waals surface area contributed by atoms with E-state index in [9.17, 15) is 0 Å². The fourth-order valence-electron chi connectivity index (χ4n) is 1.72. The van der Waals surface area contributed by atoms with Gasteiger partial charge in [-0.3, -0.25) is 4.68 Å². The molecule has 0 spiro atoms. The lowest BCUT2D eigenvalue weighted by molar-refractivity contribution is 0.0580. The van der Waals surface area contributed by atoms with Gasteiger partial charge in [0.05, 0.1) is 55.4 Å². The summed E-state index contributed by atoms with van der Waals surface area (Å²) >= 11 is 3.53. The van der Waals surface area contributed by atoms with Crippen molar-refractivity contribution < 1.29 is 14.2 Å². The van der Waals surface area contributed by atoms with Crippen molar-refractivity contribution in [2.45, 2.75) is 12.6 Å². The Bertz CT molecular complexity index is 360. The van der Waals surface area contributed by atoms with Gasteiger partial charge in [-0.05, 0) is 23.0 Å². The van der Waals surface area contributed by atoms with Crippen LogP contribution in [0.4, 0.5) is 0 Å².